The molecule has 1 aromatic carbocycles. The number of hydrogen-bond acceptors (Lipinski definition) is 2. The van der Waals surface area contributed by atoms with E-state index < -0.39 is 18.3 Å². The van der Waals surface area contributed by atoms with Gasteiger partial charge in [-0.15, -0.1) is 0 Å². The molecule has 6 heteroatoms. The van der Waals surface area contributed by atoms with Gasteiger partial charge in [-0.1, -0.05) is 52.1 Å². The molecule has 1 aromatic heterocycles. The molecule has 0 amide bonds. The second kappa shape index (κ2) is 4.88. The van der Waals surface area contributed by atoms with Crippen LogP contribution in [0, 0.1) is 0 Å². The molecule has 0 aliphatic rings. The lowest BCUT2D eigenvalue weighted by Gasteiger charge is -2.45. The third kappa shape index (κ3) is 2.74. The van der Waals surface area contributed by atoms with Gasteiger partial charge in [0.1, 0.15) is 0 Å². The van der Waals surface area contributed by atoms with Gasteiger partial charge in [-0.25, -0.2) is 8.42 Å². The lowest BCUT2D eigenvalue weighted by atomic mass is 10.2. The average Bonchev–Trinajstić information content (AvgIpc) is 2.70. The van der Waals surface area contributed by atoms with Gasteiger partial charge in [-0.3, -0.25) is 3.97 Å². The Morgan fingerprint density at radius 1 is 1.14 bits per heavy atom. The molecular weight excluding hydrogens is 300 g/mol. The molecule has 4 nitrogen and oxygen atoms in total. The maximum Gasteiger partial charge on any atom is 0.225 e. The van der Waals surface area contributed by atoms with Gasteiger partial charge in [0.05, 0.1) is 11.9 Å². The van der Waals surface area contributed by atoms with Gasteiger partial charge in [-0.05, 0) is 11.1 Å². The highest BCUT2D eigenvalue weighted by Crippen LogP contribution is 2.43. The Balaban J connectivity index is 2.74. The van der Waals surface area contributed by atoms with Crippen molar-refractivity contribution in [1.29, 1.82) is 0 Å². The van der Waals surface area contributed by atoms with Crippen LogP contribution in [-0.2, 0) is 10.0 Å². The second-order valence-electron chi connectivity index (χ2n) is 7.06. The Labute approximate surface area is 128 Å². The fourth-order valence-electron chi connectivity index (χ4n) is 2.42. The molecule has 0 unspecified atom stereocenters. The van der Waals surface area contributed by atoms with E-state index in [4.69, 9.17) is 0 Å². The van der Waals surface area contributed by atoms with Crippen LogP contribution in [0.1, 0.15) is 20.8 Å². The Morgan fingerprint density at radius 3 is 2.24 bits per heavy atom. The predicted molar refractivity (Wildman–Crippen MR) is 92.8 cm³/mol. The SMILES string of the molecule is CC(C)(C)[Si](C)(C)N(c1c[nH]c2ccccc12)S(C)(=O)=O. The summed E-state index contributed by atoms with van der Waals surface area (Å²) in [7, 11) is -5.61. The first kappa shape index (κ1) is 16.1. The molecule has 0 fully saturated rings. The van der Waals surface area contributed by atoms with E-state index in [0.29, 0.717) is 0 Å². The van der Waals surface area contributed by atoms with Crippen molar-refractivity contribution in [3.05, 3.63) is 30.5 Å². The number of aromatic amines is 1. The van der Waals surface area contributed by atoms with Crippen molar-refractivity contribution in [2.24, 2.45) is 0 Å². The number of benzene rings is 1. The minimum absolute atomic E-state index is 0.0749. The molecule has 0 aliphatic carbocycles. The third-order valence-corrected chi connectivity index (χ3v) is 12.6. The summed E-state index contributed by atoms with van der Waals surface area (Å²) in [5.74, 6) is 0. The summed E-state index contributed by atoms with van der Waals surface area (Å²) >= 11 is 0. The maximum atomic E-state index is 12.5. The van der Waals surface area contributed by atoms with Gasteiger partial charge in [0.15, 0.2) is 8.24 Å². The molecule has 0 bridgehead atoms. The first-order valence-electron chi connectivity index (χ1n) is 7.03. The normalized spacial score (nSPS) is 13.6. The number of nitrogens with zero attached hydrogens (tertiary/aromatic N) is 1. The van der Waals surface area contributed by atoms with Crippen LogP contribution >= 0.6 is 0 Å². The summed E-state index contributed by atoms with van der Waals surface area (Å²) in [4.78, 5) is 3.18. The number of fused-ring (bicyclic) bond motifs is 1. The van der Waals surface area contributed by atoms with E-state index in [1.807, 2.05) is 30.5 Å². The first-order valence-corrected chi connectivity index (χ1v) is 11.8. The van der Waals surface area contributed by atoms with Gasteiger partial charge in [0.2, 0.25) is 10.0 Å². The first-order chi connectivity index (χ1) is 9.46. The van der Waals surface area contributed by atoms with E-state index in [9.17, 15) is 8.42 Å². The maximum absolute atomic E-state index is 12.5. The largest absolute Gasteiger partial charge is 0.359 e. The predicted octanol–water partition coefficient (Wildman–Crippen LogP) is 3.94. The van der Waals surface area contributed by atoms with E-state index in [1.165, 1.54) is 6.26 Å². The minimum Gasteiger partial charge on any atom is -0.359 e. The van der Waals surface area contributed by atoms with Crippen molar-refractivity contribution >= 4 is 34.8 Å². The van der Waals surface area contributed by atoms with E-state index in [-0.39, 0.29) is 5.04 Å². The fraction of sp³-hybridized carbons (Fsp3) is 0.467. The molecule has 116 valence electrons. The summed E-state index contributed by atoms with van der Waals surface area (Å²) < 4.78 is 26.7. The van der Waals surface area contributed by atoms with Gasteiger partial charge in [0, 0.05) is 17.1 Å². The summed E-state index contributed by atoms with van der Waals surface area (Å²) in [6.07, 6.45) is 3.11. The van der Waals surface area contributed by atoms with Crippen molar-refractivity contribution in [2.75, 3.05) is 10.2 Å². The van der Waals surface area contributed by atoms with Crippen molar-refractivity contribution in [2.45, 2.75) is 38.9 Å². The number of para-hydroxylation sites is 1. The molecule has 21 heavy (non-hydrogen) atoms. The van der Waals surface area contributed by atoms with Crippen molar-refractivity contribution in [3.8, 4) is 0 Å². The Hall–Kier alpha value is -1.27. The average molecular weight is 325 g/mol. The van der Waals surface area contributed by atoms with Crippen LogP contribution < -0.4 is 3.97 Å². The number of sulfonamides is 1. The van der Waals surface area contributed by atoms with Crippen LogP contribution in [0.5, 0.6) is 0 Å². The molecule has 1 heterocycles. The van der Waals surface area contributed by atoms with E-state index in [1.54, 1.807) is 3.97 Å². The number of nitrogens with one attached hydrogen (secondary N) is 1. The lowest BCUT2D eigenvalue weighted by Crippen LogP contribution is -2.57. The molecule has 0 atom stereocenters. The lowest BCUT2D eigenvalue weighted by molar-refractivity contribution is 0.600. The van der Waals surface area contributed by atoms with Gasteiger partial charge in [0.25, 0.3) is 0 Å². The van der Waals surface area contributed by atoms with Gasteiger partial charge in [-0.2, -0.15) is 0 Å². The fourth-order valence-corrected chi connectivity index (χ4v) is 8.47. The number of hydrogen-bond donors (Lipinski definition) is 1. The minimum atomic E-state index is -3.35. The van der Waals surface area contributed by atoms with Crippen LogP contribution in [-0.4, -0.2) is 27.9 Å². The number of H-pyrrole nitrogens is 1. The van der Waals surface area contributed by atoms with Crippen LogP contribution in [0.25, 0.3) is 10.9 Å². The molecule has 1 N–H and O–H groups in total. The van der Waals surface area contributed by atoms with Crippen LogP contribution in [0.2, 0.25) is 18.1 Å². The van der Waals surface area contributed by atoms with E-state index in [2.05, 4.69) is 38.8 Å². The number of aromatic nitrogens is 1. The Kier molecular flexibility index (Phi) is 3.74. The highest BCUT2D eigenvalue weighted by atomic mass is 32.2. The zero-order chi connectivity index (χ0) is 16.1. The molecule has 0 saturated heterocycles. The molecule has 0 aliphatic heterocycles. The monoisotopic (exact) mass is 324 g/mol. The topological polar surface area (TPSA) is 53.2 Å². The summed E-state index contributed by atoms with van der Waals surface area (Å²) in [5, 5.41) is 0.877. The molecular formula is C15H24N2O2SSi. The van der Waals surface area contributed by atoms with E-state index in [0.717, 1.165) is 16.6 Å². The molecule has 2 rings (SSSR count). The Morgan fingerprint density at radius 2 is 1.71 bits per heavy atom. The highest BCUT2D eigenvalue weighted by Gasteiger charge is 2.46. The smallest absolute Gasteiger partial charge is 0.225 e. The molecule has 0 saturated carbocycles. The summed E-state index contributed by atoms with van der Waals surface area (Å²) in [6.45, 7) is 10.6. The third-order valence-electron chi connectivity index (χ3n) is 4.46. The second-order valence-corrected chi connectivity index (χ2v) is 14.3. The molecule has 0 radical (unpaired) electrons. The zero-order valence-corrected chi connectivity index (χ0v) is 15.4. The van der Waals surface area contributed by atoms with Crippen molar-refractivity contribution in [3.63, 3.8) is 0 Å². The summed E-state index contributed by atoms with van der Waals surface area (Å²) in [5.41, 5.74) is 1.72. The van der Waals surface area contributed by atoms with Crippen LogP contribution in [0.15, 0.2) is 30.5 Å². The van der Waals surface area contributed by atoms with Gasteiger partial charge >= 0.3 is 0 Å². The standard InChI is InChI=1S/C15H24N2O2SSi/c1-15(2,3)21(5,6)17(20(4,18)19)14-11-16-13-10-8-7-9-12(13)14/h7-11,16H,1-6H3. The van der Waals surface area contributed by atoms with Crippen molar-refractivity contribution < 1.29 is 8.42 Å². The highest BCUT2D eigenvalue weighted by molar-refractivity contribution is 7.94. The van der Waals surface area contributed by atoms with Crippen molar-refractivity contribution in [1.82, 2.24) is 4.98 Å². The Bertz CT molecular complexity index is 757. The quantitative estimate of drug-likeness (QED) is 0.869. The van der Waals surface area contributed by atoms with Crippen LogP contribution in [0.4, 0.5) is 5.69 Å². The molecule has 2 aromatic rings. The number of anilines is 1. The summed E-state index contributed by atoms with van der Waals surface area (Å²) in [6, 6.07) is 7.81. The van der Waals surface area contributed by atoms with Crippen LogP contribution in [0.3, 0.4) is 0 Å². The van der Waals surface area contributed by atoms with E-state index >= 15 is 0 Å². The molecule has 0 spiro atoms. The zero-order valence-electron chi connectivity index (χ0n) is 13.6. The number of rotatable bonds is 3. The van der Waals surface area contributed by atoms with Gasteiger partial charge < -0.3 is 4.98 Å².